The van der Waals surface area contributed by atoms with E-state index in [0.717, 1.165) is 9.35 Å². The molecule has 4 nitrogen and oxygen atoms in total. The van der Waals surface area contributed by atoms with E-state index in [4.69, 9.17) is 0 Å². The zero-order valence-electron chi connectivity index (χ0n) is 8.08. The second-order valence-electron chi connectivity index (χ2n) is 3.50. The van der Waals surface area contributed by atoms with E-state index in [1.54, 1.807) is 6.07 Å². The fourth-order valence-corrected chi connectivity index (χ4v) is 4.69. The fraction of sp³-hybridized carbons (Fsp3) is 0.500. The lowest BCUT2D eigenvalue weighted by Crippen LogP contribution is -2.56. The highest BCUT2D eigenvalue weighted by Gasteiger charge is 2.25. The Morgan fingerprint density at radius 3 is 2.67 bits per heavy atom. The summed E-state index contributed by atoms with van der Waals surface area (Å²) in [7, 11) is -3.32. The van der Waals surface area contributed by atoms with Gasteiger partial charge in [-0.15, -0.1) is 11.3 Å². The van der Waals surface area contributed by atoms with Gasteiger partial charge in [-0.25, -0.2) is 13.1 Å². The Labute approximate surface area is 101 Å². The molecule has 0 atom stereocenters. The van der Waals surface area contributed by atoms with Crippen LogP contribution in [0.5, 0.6) is 0 Å². The van der Waals surface area contributed by atoms with Crippen LogP contribution in [0.3, 0.4) is 0 Å². The van der Waals surface area contributed by atoms with Gasteiger partial charge in [0.2, 0.25) is 10.0 Å². The molecule has 0 radical (unpaired) electrons. The van der Waals surface area contributed by atoms with Crippen LogP contribution in [-0.4, -0.2) is 27.5 Å². The first-order valence-electron chi connectivity index (χ1n) is 4.48. The van der Waals surface area contributed by atoms with Crippen molar-refractivity contribution in [1.29, 1.82) is 0 Å². The Balaban J connectivity index is 2.20. The smallest absolute Gasteiger partial charge is 0.250 e. The van der Waals surface area contributed by atoms with E-state index < -0.39 is 10.0 Å². The Morgan fingerprint density at radius 2 is 2.27 bits per heavy atom. The van der Waals surface area contributed by atoms with Crippen LogP contribution < -0.4 is 10.0 Å². The maximum atomic E-state index is 11.9. The molecular formula is C8H11BrN2O2S2. The Hall–Kier alpha value is 0.0500. The normalized spacial score (nSPS) is 17.7. The van der Waals surface area contributed by atoms with Gasteiger partial charge in [0.15, 0.2) is 0 Å². The molecule has 0 amide bonds. The SMILES string of the molecule is Cc1cc(S(=O)(=O)NC2CNC2)sc1Br. The van der Waals surface area contributed by atoms with E-state index in [1.807, 2.05) is 6.92 Å². The van der Waals surface area contributed by atoms with Gasteiger partial charge >= 0.3 is 0 Å². The minimum atomic E-state index is -3.32. The van der Waals surface area contributed by atoms with Crippen molar-refractivity contribution < 1.29 is 8.42 Å². The molecule has 2 heterocycles. The number of aryl methyl sites for hydroxylation is 1. The van der Waals surface area contributed by atoms with Crippen molar-refractivity contribution in [2.24, 2.45) is 0 Å². The van der Waals surface area contributed by atoms with Gasteiger partial charge in [-0.05, 0) is 34.5 Å². The van der Waals surface area contributed by atoms with Gasteiger partial charge < -0.3 is 5.32 Å². The van der Waals surface area contributed by atoms with Gasteiger partial charge in [0.05, 0.1) is 3.79 Å². The van der Waals surface area contributed by atoms with Gasteiger partial charge in [-0.3, -0.25) is 0 Å². The number of hydrogen-bond acceptors (Lipinski definition) is 4. The largest absolute Gasteiger partial charge is 0.313 e. The number of rotatable bonds is 3. The number of halogens is 1. The van der Waals surface area contributed by atoms with E-state index in [2.05, 4.69) is 26.0 Å². The van der Waals surface area contributed by atoms with Crippen molar-refractivity contribution in [3.05, 3.63) is 15.4 Å². The van der Waals surface area contributed by atoms with Gasteiger partial charge in [-0.2, -0.15) is 0 Å². The minimum Gasteiger partial charge on any atom is -0.313 e. The molecule has 0 bridgehead atoms. The summed E-state index contributed by atoms with van der Waals surface area (Å²) < 4.78 is 27.6. The van der Waals surface area contributed by atoms with E-state index >= 15 is 0 Å². The van der Waals surface area contributed by atoms with Crippen LogP contribution in [0, 0.1) is 6.92 Å². The van der Waals surface area contributed by atoms with Crippen LogP contribution in [0.1, 0.15) is 5.56 Å². The molecule has 1 saturated heterocycles. The zero-order valence-corrected chi connectivity index (χ0v) is 11.3. The number of thiophene rings is 1. The monoisotopic (exact) mass is 310 g/mol. The fourth-order valence-electron chi connectivity index (χ4n) is 1.21. The standard InChI is InChI=1S/C8H11BrN2O2S2/c1-5-2-7(14-8(5)9)15(12,13)11-6-3-10-4-6/h2,6,10-11H,3-4H2,1H3. The average Bonchev–Trinajstić information content (AvgIpc) is 2.41. The molecule has 15 heavy (non-hydrogen) atoms. The highest BCUT2D eigenvalue weighted by Crippen LogP contribution is 2.30. The van der Waals surface area contributed by atoms with Crippen molar-refractivity contribution >= 4 is 37.3 Å². The first kappa shape index (κ1) is 11.5. The maximum absolute atomic E-state index is 11.9. The topological polar surface area (TPSA) is 58.2 Å². The maximum Gasteiger partial charge on any atom is 0.250 e. The van der Waals surface area contributed by atoms with Crippen molar-refractivity contribution in [2.75, 3.05) is 13.1 Å². The molecule has 1 fully saturated rings. The van der Waals surface area contributed by atoms with Crippen LogP contribution in [0.15, 0.2) is 14.1 Å². The van der Waals surface area contributed by atoms with E-state index in [9.17, 15) is 8.42 Å². The van der Waals surface area contributed by atoms with E-state index in [-0.39, 0.29) is 6.04 Å². The molecule has 0 saturated carbocycles. The van der Waals surface area contributed by atoms with Gasteiger partial charge in [-0.1, -0.05) is 0 Å². The molecule has 84 valence electrons. The summed E-state index contributed by atoms with van der Waals surface area (Å²) in [5, 5.41) is 3.02. The van der Waals surface area contributed by atoms with Crippen molar-refractivity contribution in [2.45, 2.75) is 17.2 Å². The molecule has 7 heteroatoms. The molecule has 1 aromatic heterocycles. The summed E-state index contributed by atoms with van der Waals surface area (Å²) in [6.45, 7) is 3.31. The lowest BCUT2D eigenvalue weighted by atomic mass is 10.2. The molecule has 1 aliphatic rings. The third-order valence-corrected chi connectivity index (χ3v) is 6.33. The number of sulfonamides is 1. The molecule has 0 unspecified atom stereocenters. The molecule has 0 spiro atoms. The zero-order chi connectivity index (χ0) is 11.1. The van der Waals surface area contributed by atoms with Gasteiger partial charge in [0, 0.05) is 19.1 Å². The highest BCUT2D eigenvalue weighted by molar-refractivity contribution is 9.11. The molecule has 2 N–H and O–H groups in total. The van der Waals surface area contributed by atoms with Crippen LogP contribution in [-0.2, 0) is 10.0 Å². The summed E-state index contributed by atoms with van der Waals surface area (Å²) in [6.07, 6.45) is 0. The summed E-state index contributed by atoms with van der Waals surface area (Å²) in [5.74, 6) is 0. The first-order chi connectivity index (χ1) is 6.99. The van der Waals surface area contributed by atoms with Crippen molar-refractivity contribution in [3.63, 3.8) is 0 Å². The van der Waals surface area contributed by atoms with E-state index in [1.165, 1.54) is 11.3 Å². The van der Waals surface area contributed by atoms with Crippen LogP contribution in [0.4, 0.5) is 0 Å². The summed E-state index contributed by atoms with van der Waals surface area (Å²) >= 11 is 4.56. The highest BCUT2D eigenvalue weighted by atomic mass is 79.9. The molecule has 2 rings (SSSR count). The average molecular weight is 311 g/mol. The van der Waals surface area contributed by atoms with Crippen LogP contribution in [0.2, 0.25) is 0 Å². The Kier molecular flexibility index (Phi) is 3.18. The van der Waals surface area contributed by atoms with Gasteiger partial charge in [0.1, 0.15) is 4.21 Å². The lowest BCUT2D eigenvalue weighted by molar-refractivity contribution is 0.410. The molecule has 1 aromatic rings. The number of nitrogens with one attached hydrogen (secondary N) is 2. The lowest BCUT2D eigenvalue weighted by Gasteiger charge is -2.27. The summed E-state index contributed by atoms with van der Waals surface area (Å²) in [4.78, 5) is 0. The van der Waals surface area contributed by atoms with Gasteiger partial charge in [0.25, 0.3) is 0 Å². The Morgan fingerprint density at radius 1 is 1.60 bits per heavy atom. The molecule has 1 aliphatic heterocycles. The molecule has 0 aromatic carbocycles. The Bertz CT molecular complexity index is 445. The first-order valence-corrected chi connectivity index (χ1v) is 7.57. The second-order valence-corrected chi connectivity index (χ2v) is 7.81. The molecular weight excluding hydrogens is 300 g/mol. The van der Waals surface area contributed by atoms with Crippen molar-refractivity contribution in [3.8, 4) is 0 Å². The second kappa shape index (κ2) is 4.14. The van der Waals surface area contributed by atoms with Crippen molar-refractivity contribution in [1.82, 2.24) is 10.0 Å². The van der Waals surface area contributed by atoms with Crippen LogP contribution >= 0.6 is 27.3 Å². The summed E-state index contributed by atoms with van der Waals surface area (Å²) in [5.41, 5.74) is 0.951. The quantitative estimate of drug-likeness (QED) is 0.878. The third-order valence-electron chi connectivity index (χ3n) is 2.20. The summed E-state index contributed by atoms with van der Waals surface area (Å²) in [6, 6.07) is 1.72. The third kappa shape index (κ3) is 2.42. The predicted octanol–water partition coefficient (Wildman–Crippen LogP) is 1.07. The molecule has 0 aliphatic carbocycles. The van der Waals surface area contributed by atoms with Crippen LogP contribution in [0.25, 0.3) is 0 Å². The number of hydrogen-bond donors (Lipinski definition) is 2. The van der Waals surface area contributed by atoms with E-state index in [0.29, 0.717) is 17.3 Å². The minimum absolute atomic E-state index is 0.0381. The predicted molar refractivity (Wildman–Crippen MR) is 63.7 cm³/mol.